The Balaban J connectivity index is 0.00000304. The maximum absolute atomic E-state index is 10.8. The van der Waals surface area contributed by atoms with Crippen molar-refractivity contribution in [1.29, 1.82) is 0 Å². The molecule has 4 aromatic rings. The van der Waals surface area contributed by atoms with E-state index in [-0.39, 0.29) is 12.4 Å². The van der Waals surface area contributed by atoms with E-state index in [9.17, 15) is 5.11 Å². The van der Waals surface area contributed by atoms with E-state index in [1.54, 1.807) is 6.33 Å². The van der Waals surface area contributed by atoms with Gasteiger partial charge in [0.15, 0.2) is 17.0 Å². The monoisotopic (exact) mass is 507 g/mol. The van der Waals surface area contributed by atoms with E-state index in [2.05, 4.69) is 49.2 Å². The molecule has 5 rings (SSSR count). The van der Waals surface area contributed by atoms with Gasteiger partial charge in [0.25, 0.3) is 0 Å². The highest BCUT2D eigenvalue weighted by molar-refractivity contribution is 5.88. The third-order valence-corrected chi connectivity index (χ3v) is 6.49. The van der Waals surface area contributed by atoms with E-state index in [0.29, 0.717) is 18.8 Å². The highest BCUT2D eigenvalue weighted by atomic mass is 35.5. The van der Waals surface area contributed by atoms with Gasteiger partial charge in [-0.25, -0.2) is 20.0 Å². The predicted octanol–water partition coefficient (Wildman–Crippen LogP) is 4.08. The SMILES string of the molecule is CN(CC(O)CCN1CCCCCN1)c1ncnc2c1nc(-c1ccccc1)n2-c1ccccc1.Cl. The standard InChI is InChI=1S/C27H33N7O.ClH/c1-32(19-23(35)15-18-33-17-10-4-9-16-30-33)26-24-27(29-20-28-26)34(22-13-7-3-8-14-22)25(31-24)21-11-5-2-6-12-21;/h2-3,5-8,11-14,20,23,30,35H,4,9-10,15-19H2,1H3;1H. The molecule has 0 saturated carbocycles. The molecule has 1 unspecified atom stereocenters. The quantitative estimate of drug-likeness (QED) is 0.372. The molecule has 1 fully saturated rings. The molecule has 1 atom stereocenters. The summed E-state index contributed by atoms with van der Waals surface area (Å²) >= 11 is 0. The second kappa shape index (κ2) is 12.3. The van der Waals surface area contributed by atoms with Crippen molar-refractivity contribution in [1.82, 2.24) is 30.0 Å². The van der Waals surface area contributed by atoms with E-state index in [0.717, 1.165) is 47.9 Å². The average molecular weight is 508 g/mol. The van der Waals surface area contributed by atoms with Gasteiger partial charge in [0.1, 0.15) is 12.2 Å². The molecule has 8 nitrogen and oxygen atoms in total. The van der Waals surface area contributed by atoms with Gasteiger partial charge in [0.05, 0.1) is 6.10 Å². The number of aliphatic hydroxyl groups is 1. The Morgan fingerprint density at radius 2 is 1.75 bits per heavy atom. The molecule has 0 aliphatic carbocycles. The summed E-state index contributed by atoms with van der Waals surface area (Å²) in [5.74, 6) is 1.53. The zero-order chi connectivity index (χ0) is 24.0. The van der Waals surface area contributed by atoms with Crippen molar-refractivity contribution >= 4 is 29.4 Å². The maximum Gasteiger partial charge on any atom is 0.170 e. The topological polar surface area (TPSA) is 82.3 Å². The van der Waals surface area contributed by atoms with Gasteiger partial charge in [0.2, 0.25) is 0 Å². The van der Waals surface area contributed by atoms with Gasteiger partial charge in [-0.15, -0.1) is 12.4 Å². The molecule has 1 saturated heterocycles. The molecule has 2 aromatic heterocycles. The number of aromatic nitrogens is 4. The van der Waals surface area contributed by atoms with E-state index in [1.807, 2.05) is 48.3 Å². The summed E-state index contributed by atoms with van der Waals surface area (Å²) in [6, 6.07) is 20.3. The molecule has 0 spiro atoms. The number of fused-ring (bicyclic) bond motifs is 1. The first-order valence-electron chi connectivity index (χ1n) is 12.4. The minimum Gasteiger partial charge on any atom is -0.391 e. The van der Waals surface area contributed by atoms with Crippen LogP contribution in [0, 0.1) is 0 Å². The van der Waals surface area contributed by atoms with E-state index in [4.69, 9.17) is 4.98 Å². The normalized spacial score (nSPS) is 15.3. The van der Waals surface area contributed by atoms with Crippen molar-refractivity contribution in [2.24, 2.45) is 0 Å². The lowest BCUT2D eigenvalue weighted by Crippen LogP contribution is -2.40. The molecular weight excluding hydrogens is 474 g/mol. The Labute approximate surface area is 218 Å². The highest BCUT2D eigenvalue weighted by Crippen LogP contribution is 2.31. The van der Waals surface area contributed by atoms with Gasteiger partial charge in [-0.3, -0.25) is 9.99 Å². The summed E-state index contributed by atoms with van der Waals surface area (Å²) in [5, 5.41) is 13.0. The molecule has 1 aliphatic rings. The van der Waals surface area contributed by atoms with Gasteiger partial charge >= 0.3 is 0 Å². The lowest BCUT2D eigenvalue weighted by atomic mass is 10.2. The zero-order valence-corrected chi connectivity index (χ0v) is 21.4. The average Bonchev–Trinajstić information content (AvgIpc) is 3.09. The minimum atomic E-state index is -0.472. The van der Waals surface area contributed by atoms with Gasteiger partial charge in [-0.05, 0) is 31.4 Å². The molecule has 2 N–H and O–H groups in total. The van der Waals surface area contributed by atoms with Gasteiger partial charge in [-0.1, -0.05) is 55.0 Å². The summed E-state index contributed by atoms with van der Waals surface area (Å²) in [6.45, 7) is 3.35. The third kappa shape index (κ3) is 5.84. The van der Waals surface area contributed by atoms with Crippen LogP contribution in [0.2, 0.25) is 0 Å². The van der Waals surface area contributed by atoms with Crippen LogP contribution in [0.15, 0.2) is 67.0 Å². The van der Waals surface area contributed by atoms with E-state index in [1.165, 1.54) is 19.3 Å². The number of hydrogen-bond acceptors (Lipinski definition) is 7. The van der Waals surface area contributed by atoms with Crippen molar-refractivity contribution in [2.45, 2.75) is 31.8 Å². The largest absolute Gasteiger partial charge is 0.391 e. The highest BCUT2D eigenvalue weighted by Gasteiger charge is 2.21. The first kappa shape index (κ1) is 26.0. The van der Waals surface area contributed by atoms with Gasteiger partial charge < -0.3 is 10.0 Å². The van der Waals surface area contributed by atoms with Gasteiger partial charge in [-0.2, -0.15) is 0 Å². The first-order chi connectivity index (χ1) is 17.2. The van der Waals surface area contributed by atoms with Crippen LogP contribution < -0.4 is 10.3 Å². The van der Waals surface area contributed by atoms with E-state index >= 15 is 0 Å². The molecule has 0 amide bonds. The Kier molecular flexibility index (Phi) is 8.88. The summed E-state index contributed by atoms with van der Waals surface area (Å²) in [4.78, 5) is 16.2. The number of hydrogen-bond donors (Lipinski definition) is 2. The Morgan fingerprint density at radius 3 is 2.53 bits per heavy atom. The van der Waals surface area contributed by atoms with Crippen LogP contribution in [0.4, 0.5) is 5.82 Å². The number of hydrazine groups is 1. The van der Waals surface area contributed by atoms with Crippen LogP contribution in [-0.4, -0.2) is 69.0 Å². The van der Waals surface area contributed by atoms with Crippen LogP contribution in [0.25, 0.3) is 28.2 Å². The fourth-order valence-corrected chi connectivity index (χ4v) is 4.67. The summed E-state index contributed by atoms with van der Waals surface area (Å²) in [6.07, 6.45) is 5.48. The summed E-state index contributed by atoms with van der Waals surface area (Å²) in [7, 11) is 1.96. The zero-order valence-electron chi connectivity index (χ0n) is 20.6. The fourth-order valence-electron chi connectivity index (χ4n) is 4.67. The third-order valence-electron chi connectivity index (χ3n) is 6.49. The fraction of sp³-hybridized carbons (Fsp3) is 0.370. The molecule has 36 heavy (non-hydrogen) atoms. The lowest BCUT2D eigenvalue weighted by molar-refractivity contribution is 0.126. The Morgan fingerprint density at radius 1 is 1.00 bits per heavy atom. The first-order valence-corrected chi connectivity index (χ1v) is 12.4. The minimum absolute atomic E-state index is 0. The molecule has 190 valence electrons. The van der Waals surface area contributed by atoms with Crippen molar-refractivity contribution in [3.05, 3.63) is 67.0 Å². The predicted molar refractivity (Wildman–Crippen MR) is 147 cm³/mol. The molecule has 1 aliphatic heterocycles. The maximum atomic E-state index is 10.8. The number of benzene rings is 2. The van der Waals surface area contributed by atoms with Crippen molar-refractivity contribution in [2.75, 3.05) is 38.1 Å². The number of halogens is 1. The number of anilines is 1. The molecule has 0 radical (unpaired) electrons. The number of aliphatic hydroxyl groups excluding tert-OH is 1. The number of rotatable bonds is 8. The number of nitrogens with zero attached hydrogens (tertiary/aromatic N) is 6. The van der Waals surface area contributed by atoms with Gasteiger partial charge in [0, 0.05) is 44.5 Å². The van der Waals surface area contributed by atoms with Crippen LogP contribution >= 0.6 is 12.4 Å². The molecule has 0 bridgehead atoms. The van der Waals surface area contributed by atoms with Crippen molar-refractivity contribution in [3.63, 3.8) is 0 Å². The smallest absolute Gasteiger partial charge is 0.170 e. The van der Waals surface area contributed by atoms with Crippen LogP contribution in [0.3, 0.4) is 0 Å². The van der Waals surface area contributed by atoms with Crippen LogP contribution in [-0.2, 0) is 0 Å². The van der Waals surface area contributed by atoms with Crippen LogP contribution in [0.5, 0.6) is 0 Å². The lowest BCUT2D eigenvalue weighted by Gasteiger charge is -2.25. The Bertz CT molecular complexity index is 1230. The number of para-hydroxylation sites is 1. The number of likely N-dealkylation sites (N-methyl/N-ethyl adjacent to an activating group) is 1. The second-order valence-corrected chi connectivity index (χ2v) is 9.12. The second-order valence-electron chi connectivity index (χ2n) is 9.12. The van der Waals surface area contributed by atoms with Crippen molar-refractivity contribution in [3.8, 4) is 17.1 Å². The molecular formula is C27H34ClN7O. The summed E-state index contributed by atoms with van der Waals surface area (Å²) in [5.41, 5.74) is 6.93. The molecule has 9 heteroatoms. The Hall–Kier alpha value is -3.04. The molecule has 2 aromatic carbocycles. The molecule has 3 heterocycles. The van der Waals surface area contributed by atoms with E-state index < -0.39 is 6.10 Å². The van der Waals surface area contributed by atoms with Crippen molar-refractivity contribution < 1.29 is 5.11 Å². The number of nitrogens with one attached hydrogen (secondary N) is 1. The van der Waals surface area contributed by atoms with Crippen LogP contribution in [0.1, 0.15) is 25.7 Å². The summed E-state index contributed by atoms with van der Waals surface area (Å²) < 4.78 is 2.07. The number of imidazole rings is 1.